The van der Waals surface area contributed by atoms with Gasteiger partial charge < -0.3 is 0 Å². The molecule has 0 aliphatic heterocycles. The molecule has 0 bridgehead atoms. The molecule has 64 valence electrons. The van der Waals surface area contributed by atoms with Crippen LogP contribution in [0, 0.1) is 6.92 Å². The summed E-state index contributed by atoms with van der Waals surface area (Å²) in [6, 6.07) is 3.81. The van der Waals surface area contributed by atoms with Crippen LogP contribution in [0.4, 0.5) is 0 Å². The van der Waals surface area contributed by atoms with Crippen LogP contribution in [0.1, 0.15) is 19.5 Å². The first-order valence-corrected chi connectivity index (χ1v) is 4.13. The van der Waals surface area contributed by atoms with Crippen molar-refractivity contribution >= 4 is 5.65 Å². The van der Waals surface area contributed by atoms with Gasteiger partial charge in [-0.1, -0.05) is 13.8 Å². The Morgan fingerprint density at radius 1 is 1.17 bits per heavy atom. The summed E-state index contributed by atoms with van der Waals surface area (Å²) < 4.78 is 1.81. The maximum Gasteiger partial charge on any atom is 0.155 e. The van der Waals surface area contributed by atoms with Gasteiger partial charge in [-0.3, -0.25) is 0 Å². The standard InChI is InChI=1S/C7H7N3.C2H6/c1-6-2-4-8-7-3-5-9-10(6)7;1-2/h2-5H,1H3;1-2H3. The second-order valence-electron chi connectivity index (χ2n) is 2.19. The highest BCUT2D eigenvalue weighted by atomic mass is 15.2. The predicted molar refractivity (Wildman–Crippen MR) is 49.1 cm³/mol. The van der Waals surface area contributed by atoms with Gasteiger partial charge in [-0.05, 0) is 13.0 Å². The molecule has 0 N–H and O–H groups in total. The van der Waals surface area contributed by atoms with Crippen molar-refractivity contribution in [2.75, 3.05) is 0 Å². The lowest BCUT2D eigenvalue weighted by Gasteiger charge is -1.94. The highest BCUT2D eigenvalue weighted by molar-refractivity contribution is 5.36. The maximum absolute atomic E-state index is 4.10. The van der Waals surface area contributed by atoms with E-state index in [-0.39, 0.29) is 0 Å². The third-order valence-electron chi connectivity index (χ3n) is 1.48. The van der Waals surface area contributed by atoms with Crippen molar-refractivity contribution in [2.45, 2.75) is 20.8 Å². The molecule has 0 unspecified atom stereocenters. The van der Waals surface area contributed by atoms with E-state index >= 15 is 0 Å². The molecule has 3 heteroatoms. The number of aryl methyl sites for hydroxylation is 1. The lowest BCUT2D eigenvalue weighted by Crippen LogP contribution is -1.92. The molecule has 0 amide bonds. The Hall–Kier alpha value is -1.38. The van der Waals surface area contributed by atoms with Crippen LogP contribution in [0.15, 0.2) is 24.5 Å². The Morgan fingerprint density at radius 3 is 2.58 bits per heavy atom. The van der Waals surface area contributed by atoms with Gasteiger partial charge in [-0.2, -0.15) is 5.10 Å². The van der Waals surface area contributed by atoms with E-state index < -0.39 is 0 Å². The normalized spacial score (nSPS) is 9.25. The van der Waals surface area contributed by atoms with Gasteiger partial charge in [0.1, 0.15) is 0 Å². The molecule has 0 saturated heterocycles. The number of nitrogens with zero attached hydrogens (tertiary/aromatic N) is 3. The van der Waals surface area contributed by atoms with Crippen molar-refractivity contribution in [1.29, 1.82) is 0 Å². The van der Waals surface area contributed by atoms with E-state index in [0.717, 1.165) is 11.3 Å². The molecule has 2 heterocycles. The van der Waals surface area contributed by atoms with Crippen LogP contribution in [0.25, 0.3) is 5.65 Å². The molecule has 0 spiro atoms. The molecule has 3 nitrogen and oxygen atoms in total. The van der Waals surface area contributed by atoms with E-state index in [2.05, 4.69) is 10.1 Å². The zero-order chi connectivity index (χ0) is 8.97. The average Bonchev–Trinajstić information content (AvgIpc) is 2.57. The first-order chi connectivity index (χ1) is 5.88. The van der Waals surface area contributed by atoms with Gasteiger partial charge in [0.15, 0.2) is 5.65 Å². The fourth-order valence-electron chi connectivity index (χ4n) is 0.958. The first kappa shape index (κ1) is 8.71. The predicted octanol–water partition coefficient (Wildman–Crippen LogP) is 2.06. The summed E-state index contributed by atoms with van der Waals surface area (Å²) >= 11 is 0. The molecule has 2 aromatic rings. The fraction of sp³-hybridized carbons (Fsp3) is 0.333. The van der Waals surface area contributed by atoms with Crippen molar-refractivity contribution in [2.24, 2.45) is 0 Å². The molecule has 12 heavy (non-hydrogen) atoms. The number of aromatic nitrogens is 3. The number of hydrogen-bond acceptors (Lipinski definition) is 2. The number of hydrogen-bond donors (Lipinski definition) is 0. The van der Waals surface area contributed by atoms with Crippen molar-refractivity contribution in [1.82, 2.24) is 14.6 Å². The van der Waals surface area contributed by atoms with Crippen LogP contribution in [-0.2, 0) is 0 Å². The Labute approximate surface area is 72.1 Å². The van der Waals surface area contributed by atoms with Gasteiger partial charge in [0.2, 0.25) is 0 Å². The van der Waals surface area contributed by atoms with Crippen LogP contribution in [0.5, 0.6) is 0 Å². The van der Waals surface area contributed by atoms with E-state index in [4.69, 9.17) is 0 Å². The van der Waals surface area contributed by atoms with E-state index in [0.29, 0.717) is 0 Å². The third kappa shape index (κ3) is 1.44. The van der Waals surface area contributed by atoms with Crippen molar-refractivity contribution < 1.29 is 0 Å². The summed E-state index contributed by atoms with van der Waals surface area (Å²) in [5.41, 5.74) is 2.01. The summed E-state index contributed by atoms with van der Waals surface area (Å²) in [5.74, 6) is 0. The Kier molecular flexibility index (Phi) is 2.80. The third-order valence-corrected chi connectivity index (χ3v) is 1.48. The Bertz CT molecular complexity index is 351. The average molecular weight is 163 g/mol. The van der Waals surface area contributed by atoms with Gasteiger partial charge in [-0.15, -0.1) is 0 Å². The summed E-state index contributed by atoms with van der Waals surface area (Å²) in [5, 5.41) is 4.07. The molecule has 0 aliphatic rings. The van der Waals surface area contributed by atoms with Crippen LogP contribution >= 0.6 is 0 Å². The minimum absolute atomic E-state index is 0.903. The summed E-state index contributed by atoms with van der Waals surface area (Å²) in [7, 11) is 0. The van der Waals surface area contributed by atoms with Crippen molar-refractivity contribution in [3.63, 3.8) is 0 Å². The van der Waals surface area contributed by atoms with Gasteiger partial charge in [-0.25, -0.2) is 9.50 Å². The lowest BCUT2D eigenvalue weighted by molar-refractivity contribution is 0.895. The number of rotatable bonds is 0. The SMILES string of the molecule is CC.Cc1ccnc2ccnn12. The van der Waals surface area contributed by atoms with E-state index in [9.17, 15) is 0 Å². The second-order valence-corrected chi connectivity index (χ2v) is 2.19. The summed E-state index contributed by atoms with van der Waals surface area (Å²) in [6.45, 7) is 6.00. The topological polar surface area (TPSA) is 30.2 Å². The van der Waals surface area contributed by atoms with E-state index in [1.165, 1.54) is 0 Å². The van der Waals surface area contributed by atoms with E-state index in [1.54, 1.807) is 16.9 Å². The lowest BCUT2D eigenvalue weighted by atomic mass is 10.4. The highest BCUT2D eigenvalue weighted by Gasteiger charge is 1.93. The van der Waals surface area contributed by atoms with Gasteiger partial charge in [0.05, 0.1) is 6.20 Å². The molecule has 0 fully saturated rings. The number of fused-ring (bicyclic) bond motifs is 1. The smallest absolute Gasteiger partial charge is 0.155 e. The fourth-order valence-corrected chi connectivity index (χ4v) is 0.958. The van der Waals surface area contributed by atoms with Crippen LogP contribution in [-0.4, -0.2) is 14.6 Å². The van der Waals surface area contributed by atoms with Crippen LogP contribution in [0.3, 0.4) is 0 Å². The van der Waals surface area contributed by atoms with Crippen molar-refractivity contribution in [3.8, 4) is 0 Å². The molecule has 0 aliphatic carbocycles. The van der Waals surface area contributed by atoms with Gasteiger partial charge >= 0.3 is 0 Å². The largest absolute Gasteiger partial charge is 0.237 e. The van der Waals surface area contributed by atoms with Crippen LogP contribution in [0.2, 0.25) is 0 Å². The maximum atomic E-state index is 4.10. The van der Waals surface area contributed by atoms with Gasteiger partial charge in [0, 0.05) is 18.0 Å². The molecule has 0 radical (unpaired) electrons. The minimum Gasteiger partial charge on any atom is -0.237 e. The molecular formula is C9H13N3. The molecule has 0 aromatic carbocycles. The second kappa shape index (κ2) is 3.85. The summed E-state index contributed by atoms with van der Waals surface area (Å²) in [4.78, 5) is 4.10. The molecule has 0 atom stereocenters. The van der Waals surface area contributed by atoms with Crippen molar-refractivity contribution in [3.05, 3.63) is 30.2 Å². The quantitative estimate of drug-likeness (QED) is 0.595. The highest BCUT2D eigenvalue weighted by Crippen LogP contribution is 1.99. The first-order valence-electron chi connectivity index (χ1n) is 4.13. The molecule has 2 rings (SSSR count). The summed E-state index contributed by atoms with van der Waals surface area (Å²) in [6.07, 6.45) is 3.53. The Balaban J connectivity index is 0.000000336. The Morgan fingerprint density at radius 2 is 1.92 bits per heavy atom. The minimum atomic E-state index is 0.903. The molecule has 0 saturated carbocycles. The molecule has 2 aromatic heterocycles. The monoisotopic (exact) mass is 163 g/mol. The van der Waals surface area contributed by atoms with Crippen LogP contribution < -0.4 is 0 Å². The zero-order valence-corrected chi connectivity index (χ0v) is 7.65. The zero-order valence-electron chi connectivity index (χ0n) is 7.65. The van der Waals surface area contributed by atoms with E-state index in [1.807, 2.05) is 32.9 Å². The molecular weight excluding hydrogens is 150 g/mol. The van der Waals surface area contributed by atoms with Gasteiger partial charge in [0.25, 0.3) is 0 Å².